The van der Waals surface area contributed by atoms with Gasteiger partial charge >= 0.3 is 0 Å². The van der Waals surface area contributed by atoms with Crippen molar-refractivity contribution in [2.24, 2.45) is 0 Å². The minimum Gasteiger partial charge on any atom is -0.381 e. The van der Waals surface area contributed by atoms with Crippen molar-refractivity contribution in [1.82, 2.24) is 0 Å². The summed E-state index contributed by atoms with van der Waals surface area (Å²) in [6.07, 6.45) is 6.60. The zero-order valence-corrected chi connectivity index (χ0v) is 15.0. The Balaban J connectivity index is 1.79. The molecule has 0 aliphatic rings. The van der Waals surface area contributed by atoms with E-state index in [0.29, 0.717) is 6.04 Å². The van der Waals surface area contributed by atoms with Gasteiger partial charge in [0.1, 0.15) is 0 Å². The average molecular weight is 328 g/mol. The first kappa shape index (κ1) is 17.9. The van der Waals surface area contributed by atoms with E-state index in [1.165, 1.54) is 43.4 Å². The molecule has 2 rings (SSSR count). The van der Waals surface area contributed by atoms with Crippen LogP contribution in [0.2, 0.25) is 0 Å². The lowest BCUT2D eigenvalue weighted by molar-refractivity contribution is 0.597. The van der Waals surface area contributed by atoms with E-state index in [1.807, 2.05) is 11.8 Å². The van der Waals surface area contributed by atoms with Crippen LogP contribution < -0.4 is 5.32 Å². The summed E-state index contributed by atoms with van der Waals surface area (Å²) >= 11 is 2.03. The van der Waals surface area contributed by atoms with Gasteiger partial charge < -0.3 is 5.32 Å². The van der Waals surface area contributed by atoms with Crippen LogP contribution in [0.15, 0.2) is 60.7 Å². The van der Waals surface area contributed by atoms with E-state index in [-0.39, 0.29) is 0 Å². The van der Waals surface area contributed by atoms with E-state index in [2.05, 4.69) is 72.9 Å². The molecule has 2 aromatic carbocycles. The third-order valence-electron chi connectivity index (χ3n) is 3.98. The summed E-state index contributed by atoms with van der Waals surface area (Å²) in [6, 6.07) is 21.9. The van der Waals surface area contributed by atoms with Crippen LogP contribution in [0.5, 0.6) is 0 Å². The zero-order valence-electron chi connectivity index (χ0n) is 14.2. The van der Waals surface area contributed by atoms with Crippen LogP contribution in [-0.4, -0.2) is 11.8 Å². The molecule has 2 aromatic rings. The Morgan fingerprint density at radius 3 is 2.26 bits per heavy atom. The smallest absolute Gasteiger partial charge is 0.0351 e. The van der Waals surface area contributed by atoms with Crippen molar-refractivity contribution in [2.75, 3.05) is 11.1 Å². The third-order valence-corrected chi connectivity index (χ3v) is 5.16. The van der Waals surface area contributed by atoms with Crippen LogP contribution in [-0.2, 0) is 5.75 Å². The molecule has 0 saturated carbocycles. The van der Waals surface area contributed by atoms with E-state index < -0.39 is 0 Å². The number of thioether (sulfide) groups is 1. The van der Waals surface area contributed by atoms with Gasteiger partial charge in [-0.15, -0.1) is 0 Å². The zero-order chi connectivity index (χ0) is 16.2. The Kier molecular flexibility index (Phi) is 8.72. The number of unbranched alkanes of at least 4 members (excludes halogenated alkanes) is 3. The van der Waals surface area contributed by atoms with Crippen LogP contribution in [0.4, 0.5) is 5.69 Å². The molecule has 0 bridgehead atoms. The predicted molar refractivity (Wildman–Crippen MR) is 105 cm³/mol. The number of hydrogen-bond donors (Lipinski definition) is 1. The van der Waals surface area contributed by atoms with Gasteiger partial charge in [0.05, 0.1) is 0 Å². The van der Waals surface area contributed by atoms with Gasteiger partial charge in [-0.25, -0.2) is 0 Å². The number of hydrogen-bond acceptors (Lipinski definition) is 2. The summed E-state index contributed by atoms with van der Waals surface area (Å²) in [4.78, 5) is 0. The first-order valence-corrected chi connectivity index (χ1v) is 9.97. The molecule has 0 aliphatic carbocycles. The van der Waals surface area contributed by atoms with Crippen molar-refractivity contribution in [2.45, 2.75) is 50.8 Å². The van der Waals surface area contributed by atoms with Crippen LogP contribution in [0.25, 0.3) is 0 Å². The highest BCUT2D eigenvalue weighted by Crippen LogP contribution is 2.19. The number of anilines is 1. The van der Waals surface area contributed by atoms with Gasteiger partial charge in [-0.1, -0.05) is 81.1 Å². The molecular weight excluding hydrogens is 298 g/mol. The molecule has 0 aromatic heterocycles. The second-order valence-electron chi connectivity index (χ2n) is 6.06. The Morgan fingerprint density at radius 2 is 1.57 bits per heavy atom. The number of benzene rings is 2. The highest BCUT2D eigenvalue weighted by Gasteiger charge is 2.09. The van der Waals surface area contributed by atoms with Crippen molar-refractivity contribution in [1.29, 1.82) is 0 Å². The second kappa shape index (κ2) is 11.2. The standard InChI is InChI=1S/C21H29NS/c1-2-3-4-9-16-21(22-20-14-10-6-11-15-20)18-23-17-19-12-7-5-8-13-19/h5-8,10-15,21-22H,2-4,9,16-18H2,1H3. The van der Waals surface area contributed by atoms with Crippen LogP contribution in [0.1, 0.15) is 44.6 Å². The lowest BCUT2D eigenvalue weighted by Gasteiger charge is -2.20. The minimum atomic E-state index is 0.558. The molecule has 23 heavy (non-hydrogen) atoms. The first-order valence-electron chi connectivity index (χ1n) is 8.81. The largest absolute Gasteiger partial charge is 0.381 e. The van der Waals surface area contributed by atoms with Crippen LogP contribution in [0, 0.1) is 0 Å². The molecule has 1 N–H and O–H groups in total. The summed E-state index contributed by atoms with van der Waals surface area (Å²) < 4.78 is 0. The fourth-order valence-electron chi connectivity index (χ4n) is 2.68. The van der Waals surface area contributed by atoms with Gasteiger partial charge in [0.25, 0.3) is 0 Å². The number of nitrogens with one attached hydrogen (secondary N) is 1. The average Bonchev–Trinajstić information content (AvgIpc) is 2.60. The molecule has 124 valence electrons. The fraction of sp³-hybridized carbons (Fsp3) is 0.429. The normalized spacial score (nSPS) is 12.0. The summed E-state index contributed by atoms with van der Waals surface area (Å²) in [5, 5.41) is 3.72. The van der Waals surface area contributed by atoms with E-state index in [1.54, 1.807) is 0 Å². The molecule has 1 nitrogen and oxygen atoms in total. The summed E-state index contributed by atoms with van der Waals surface area (Å²) in [5.74, 6) is 2.26. The molecular formula is C21H29NS. The predicted octanol–water partition coefficient (Wildman–Crippen LogP) is 6.37. The minimum absolute atomic E-state index is 0.558. The summed E-state index contributed by atoms with van der Waals surface area (Å²) in [6.45, 7) is 2.27. The fourth-order valence-corrected chi connectivity index (χ4v) is 3.76. The lowest BCUT2D eigenvalue weighted by Crippen LogP contribution is -2.22. The Labute approximate surface area is 145 Å². The molecule has 0 heterocycles. The van der Waals surface area contributed by atoms with E-state index in [0.717, 1.165) is 11.5 Å². The maximum absolute atomic E-state index is 3.72. The van der Waals surface area contributed by atoms with Crippen molar-refractivity contribution in [3.63, 3.8) is 0 Å². The quantitative estimate of drug-likeness (QED) is 0.481. The molecule has 1 unspecified atom stereocenters. The summed E-state index contributed by atoms with van der Waals surface area (Å²) in [5.41, 5.74) is 2.66. The monoisotopic (exact) mass is 327 g/mol. The molecule has 2 heteroatoms. The van der Waals surface area contributed by atoms with Gasteiger partial charge in [0.15, 0.2) is 0 Å². The Bertz CT molecular complexity index is 512. The molecule has 1 atom stereocenters. The number of para-hydroxylation sites is 1. The molecule has 0 radical (unpaired) electrons. The molecule has 0 spiro atoms. The molecule has 0 aliphatic heterocycles. The highest BCUT2D eigenvalue weighted by molar-refractivity contribution is 7.98. The van der Waals surface area contributed by atoms with Crippen LogP contribution >= 0.6 is 11.8 Å². The highest BCUT2D eigenvalue weighted by atomic mass is 32.2. The summed E-state index contributed by atoms with van der Waals surface area (Å²) in [7, 11) is 0. The topological polar surface area (TPSA) is 12.0 Å². The van der Waals surface area contributed by atoms with Crippen LogP contribution in [0.3, 0.4) is 0 Å². The SMILES string of the molecule is CCCCCCC(CSCc1ccccc1)Nc1ccccc1. The Hall–Kier alpha value is -1.41. The second-order valence-corrected chi connectivity index (χ2v) is 7.09. The van der Waals surface area contributed by atoms with Gasteiger partial charge in [0.2, 0.25) is 0 Å². The van der Waals surface area contributed by atoms with Gasteiger partial charge in [-0.2, -0.15) is 11.8 Å². The van der Waals surface area contributed by atoms with Gasteiger partial charge in [-0.05, 0) is 24.1 Å². The van der Waals surface area contributed by atoms with E-state index in [9.17, 15) is 0 Å². The van der Waals surface area contributed by atoms with Gasteiger partial charge in [-0.3, -0.25) is 0 Å². The molecule has 0 fully saturated rings. The van der Waals surface area contributed by atoms with E-state index in [4.69, 9.17) is 0 Å². The molecule has 0 amide bonds. The third kappa shape index (κ3) is 7.60. The van der Waals surface area contributed by atoms with Crippen molar-refractivity contribution >= 4 is 17.4 Å². The number of rotatable bonds is 11. The van der Waals surface area contributed by atoms with Crippen molar-refractivity contribution in [3.8, 4) is 0 Å². The molecule has 0 saturated heterocycles. The first-order chi connectivity index (χ1) is 11.4. The van der Waals surface area contributed by atoms with Crippen molar-refractivity contribution < 1.29 is 0 Å². The van der Waals surface area contributed by atoms with Gasteiger partial charge in [0, 0.05) is 23.2 Å². The van der Waals surface area contributed by atoms with Crippen molar-refractivity contribution in [3.05, 3.63) is 66.2 Å². The Morgan fingerprint density at radius 1 is 0.870 bits per heavy atom. The lowest BCUT2D eigenvalue weighted by atomic mass is 10.1. The van der Waals surface area contributed by atoms with E-state index >= 15 is 0 Å². The maximum Gasteiger partial charge on any atom is 0.0351 e. The maximum atomic E-state index is 3.72.